The van der Waals surface area contributed by atoms with Crippen molar-refractivity contribution in [1.82, 2.24) is 14.5 Å². The van der Waals surface area contributed by atoms with Crippen molar-refractivity contribution < 1.29 is 19.8 Å². The summed E-state index contributed by atoms with van der Waals surface area (Å²) in [5.74, 6) is -2.54. The average Bonchev–Trinajstić information content (AvgIpc) is 2.92. The van der Waals surface area contributed by atoms with E-state index in [1.54, 1.807) is 10.6 Å². The first-order chi connectivity index (χ1) is 11.3. The van der Waals surface area contributed by atoms with Gasteiger partial charge in [-0.25, -0.2) is 4.68 Å². The molecule has 0 fully saturated rings. The number of amides is 1. The van der Waals surface area contributed by atoms with Gasteiger partial charge in [-0.1, -0.05) is 0 Å². The van der Waals surface area contributed by atoms with Gasteiger partial charge in [0.2, 0.25) is 0 Å². The van der Waals surface area contributed by atoms with Gasteiger partial charge in [0.15, 0.2) is 5.75 Å². The number of nitrogens with one attached hydrogen (secondary N) is 1. The van der Waals surface area contributed by atoms with Crippen LogP contribution in [0.2, 0.25) is 0 Å². The van der Waals surface area contributed by atoms with Crippen molar-refractivity contribution >= 4 is 17.4 Å². The van der Waals surface area contributed by atoms with Gasteiger partial charge in [-0.15, -0.1) is 0 Å². The number of carboxylic acids is 1. The Morgan fingerprint density at radius 3 is 2.62 bits per heavy atom. The maximum Gasteiger partial charge on any atom is 0.325 e. The highest BCUT2D eigenvalue weighted by molar-refractivity contribution is 6.00. The molecule has 0 aromatic carbocycles. The van der Waals surface area contributed by atoms with Crippen LogP contribution in [0.15, 0.2) is 10.9 Å². The first kappa shape index (κ1) is 16.1. The highest BCUT2D eigenvalue weighted by Gasteiger charge is 2.27. The molecule has 1 amide bonds. The minimum absolute atomic E-state index is 0.386. The average molecular weight is 333 g/mol. The maximum atomic E-state index is 12.6. The van der Waals surface area contributed by atoms with Crippen LogP contribution in [0.4, 0.5) is 0 Å². The summed E-state index contributed by atoms with van der Waals surface area (Å²) in [5, 5.41) is 21.6. The predicted molar refractivity (Wildman–Crippen MR) is 85.5 cm³/mol. The van der Waals surface area contributed by atoms with Gasteiger partial charge in [0.05, 0.1) is 0 Å². The molecule has 3 N–H and O–H groups in total. The number of aromatic hydroxyl groups is 1. The molecule has 2 aromatic heterocycles. The second kappa shape index (κ2) is 5.70. The summed E-state index contributed by atoms with van der Waals surface area (Å²) in [5.41, 5.74) is 1.31. The number of rotatable bonds is 3. The topological polar surface area (TPSA) is 113 Å². The number of aromatic nitrogens is 2. The quantitative estimate of drug-likeness (QED) is 0.754. The van der Waals surface area contributed by atoms with Crippen LogP contribution in [0, 0.1) is 0 Å². The molecule has 0 spiro atoms. The zero-order chi connectivity index (χ0) is 17.6. The monoisotopic (exact) mass is 333 g/mol. The van der Waals surface area contributed by atoms with Gasteiger partial charge in [-0.05, 0) is 44.2 Å². The van der Waals surface area contributed by atoms with Crippen LogP contribution in [-0.4, -0.2) is 37.3 Å². The lowest BCUT2D eigenvalue weighted by Crippen LogP contribution is -2.42. The maximum absolute atomic E-state index is 12.6. The summed E-state index contributed by atoms with van der Waals surface area (Å²) < 4.78 is 2.93. The SMILES string of the molecule is C[C@H](NC(=O)c1c(O)c2cc3c(n2n(C)c1=O)CCCC3)C(=O)O. The molecular weight excluding hydrogens is 314 g/mol. The van der Waals surface area contributed by atoms with E-state index in [0.29, 0.717) is 5.52 Å². The summed E-state index contributed by atoms with van der Waals surface area (Å²) in [6.07, 6.45) is 3.72. The van der Waals surface area contributed by atoms with Gasteiger partial charge in [-0.3, -0.25) is 18.9 Å². The predicted octanol–water partition coefficient (Wildman–Crippen LogP) is 0.425. The minimum atomic E-state index is -1.22. The summed E-state index contributed by atoms with van der Waals surface area (Å²) >= 11 is 0. The Balaban J connectivity index is 2.18. The molecule has 0 radical (unpaired) electrons. The molecular formula is C16H19N3O5. The Morgan fingerprint density at radius 1 is 1.29 bits per heavy atom. The Kier molecular flexibility index (Phi) is 3.82. The van der Waals surface area contributed by atoms with E-state index in [4.69, 9.17) is 5.11 Å². The highest BCUT2D eigenvalue weighted by atomic mass is 16.4. The minimum Gasteiger partial charge on any atom is -0.505 e. The van der Waals surface area contributed by atoms with Crippen molar-refractivity contribution in [2.75, 3.05) is 0 Å². The standard InChI is InChI=1S/C16H19N3O5/c1-8(16(23)24)17-14(21)12-13(20)11-7-9-5-3-4-6-10(9)19(11)18(2)15(12)22/h7-8,20H,3-6H2,1-2H3,(H,17,21)(H,23,24)/t8-/m0/s1. The van der Waals surface area contributed by atoms with Crippen molar-refractivity contribution in [3.8, 4) is 5.75 Å². The van der Waals surface area contributed by atoms with E-state index in [1.807, 2.05) is 0 Å². The smallest absolute Gasteiger partial charge is 0.325 e. The fourth-order valence-electron chi connectivity index (χ4n) is 3.21. The molecule has 1 atom stereocenters. The van der Waals surface area contributed by atoms with Gasteiger partial charge in [-0.2, -0.15) is 0 Å². The number of carbonyl (C=O) groups excluding carboxylic acids is 1. The van der Waals surface area contributed by atoms with Crippen molar-refractivity contribution in [3.05, 3.63) is 33.2 Å². The van der Waals surface area contributed by atoms with E-state index < -0.39 is 34.8 Å². The Labute approximate surface area is 137 Å². The molecule has 1 aliphatic carbocycles. The second-order valence-electron chi connectivity index (χ2n) is 6.11. The van der Waals surface area contributed by atoms with E-state index in [-0.39, 0.29) is 0 Å². The first-order valence-corrected chi connectivity index (χ1v) is 7.82. The van der Waals surface area contributed by atoms with Crippen molar-refractivity contribution in [2.45, 2.75) is 38.6 Å². The third-order valence-electron chi connectivity index (χ3n) is 4.51. The van der Waals surface area contributed by atoms with Gasteiger partial charge in [0, 0.05) is 12.7 Å². The molecule has 1 aliphatic rings. The Hall–Kier alpha value is -2.77. The lowest BCUT2D eigenvalue weighted by molar-refractivity contribution is -0.138. The number of carboxylic acid groups (broad SMARTS) is 1. The van der Waals surface area contributed by atoms with Crippen molar-refractivity contribution in [1.29, 1.82) is 0 Å². The third kappa shape index (κ3) is 2.34. The molecule has 0 aliphatic heterocycles. The number of fused-ring (bicyclic) bond motifs is 3. The molecule has 2 aromatic rings. The lowest BCUT2D eigenvalue weighted by Gasteiger charge is -2.16. The van der Waals surface area contributed by atoms with Gasteiger partial charge in [0.25, 0.3) is 11.5 Å². The molecule has 3 rings (SSSR count). The van der Waals surface area contributed by atoms with Crippen molar-refractivity contribution in [2.24, 2.45) is 7.05 Å². The first-order valence-electron chi connectivity index (χ1n) is 7.82. The molecule has 8 nitrogen and oxygen atoms in total. The van der Waals surface area contributed by atoms with E-state index >= 15 is 0 Å². The van der Waals surface area contributed by atoms with Crippen LogP contribution in [-0.2, 0) is 24.7 Å². The van der Waals surface area contributed by atoms with E-state index in [9.17, 15) is 19.5 Å². The summed E-state index contributed by atoms with van der Waals surface area (Å²) in [6.45, 7) is 1.29. The number of hydrogen-bond acceptors (Lipinski definition) is 4. The second-order valence-corrected chi connectivity index (χ2v) is 6.11. The molecule has 0 saturated heterocycles. The number of aliphatic carboxylic acids is 1. The Bertz CT molecular complexity index is 909. The van der Waals surface area contributed by atoms with Crippen LogP contribution in [0.5, 0.6) is 5.75 Å². The molecule has 128 valence electrons. The number of aryl methyl sites for hydroxylation is 3. The van der Waals surface area contributed by atoms with Gasteiger partial charge < -0.3 is 15.5 Å². The van der Waals surface area contributed by atoms with E-state index in [2.05, 4.69) is 5.32 Å². The van der Waals surface area contributed by atoms with Gasteiger partial charge in [0.1, 0.15) is 17.1 Å². The van der Waals surface area contributed by atoms with Crippen LogP contribution in [0.25, 0.3) is 5.52 Å². The number of hydrogen-bond donors (Lipinski definition) is 3. The van der Waals surface area contributed by atoms with E-state index in [0.717, 1.165) is 36.9 Å². The van der Waals surface area contributed by atoms with Crippen LogP contribution < -0.4 is 10.9 Å². The third-order valence-corrected chi connectivity index (χ3v) is 4.51. The summed E-state index contributed by atoms with van der Waals surface area (Å²) in [4.78, 5) is 35.7. The summed E-state index contributed by atoms with van der Waals surface area (Å²) in [6, 6.07) is 0.624. The molecule has 8 heteroatoms. The van der Waals surface area contributed by atoms with Crippen LogP contribution >= 0.6 is 0 Å². The zero-order valence-electron chi connectivity index (χ0n) is 13.5. The zero-order valence-corrected chi connectivity index (χ0v) is 13.5. The Morgan fingerprint density at radius 2 is 1.96 bits per heavy atom. The van der Waals surface area contributed by atoms with Gasteiger partial charge >= 0.3 is 5.97 Å². The summed E-state index contributed by atoms with van der Waals surface area (Å²) in [7, 11) is 1.53. The van der Waals surface area contributed by atoms with Crippen LogP contribution in [0.3, 0.4) is 0 Å². The molecule has 24 heavy (non-hydrogen) atoms. The number of nitrogens with zero attached hydrogens (tertiary/aromatic N) is 2. The van der Waals surface area contributed by atoms with Crippen molar-refractivity contribution in [3.63, 3.8) is 0 Å². The lowest BCUT2D eigenvalue weighted by atomic mass is 9.98. The fraction of sp³-hybridized carbons (Fsp3) is 0.438. The normalized spacial score (nSPS) is 15.1. The number of carbonyl (C=O) groups is 2. The molecule has 2 heterocycles. The molecule has 0 saturated carbocycles. The largest absolute Gasteiger partial charge is 0.505 e. The highest BCUT2D eigenvalue weighted by Crippen LogP contribution is 2.30. The molecule has 0 bridgehead atoms. The van der Waals surface area contributed by atoms with Crippen LogP contribution in [0.1, 0.15) is 41.4 Å². The van der Waals surface area contributed by atoms with E-state index in [1.165, 1.54) is 18.7 Å². The molecule has 0 unspecified atom stereocenters. The fourth-order valence-corrected chi connectivity index (χ4v) is 3.21.